The number of rotatable bonds is 5. The standard InChI is InChI=1S/C19H30N4O.HI/c1-3-20-19(22-15(2)16-8-5-4-6-9-16)21-12-18-13-23-11-7-10-17(23)14-24-18;/h4-6,8-9,15,17-18H,3,7,10-14H2,1-2H3,(H2,20,21,22);1H. The Morgan fingerprint density at radius 3 is 2.92 bits per heavy atom. The van der Waals surface area contributed by atoms with E-state index in [2.05, 4.69) is 53.6 Å². The lowest BCUT2D eigenvalue weighted by Crippen LogP contribution is -2.47. The lowest BCUT2D eigenvalue weighted by molar-refractivity contribution is -0.0432. The van der Waals surface area contributed by atoms with Gasteiger partial charge in [-0.1, -0.05) is 30.3 Å². The van der Waals surface area contributed by atoms with Crippen molar-refractivity contribution in [3.8, 4) is 0 Å². The van der Waals surface area contributed by atoms with Gasteiger partial charge in [-0.05, 0) is 38.8 Å². The number of hydrogen-bond acceptors (Lipinski definition) is 3. The van der Waals surface area contributed by atoms with Gasteiger partial charge in [-0.2, -0.15) is 0 Å². The lowest BCUT2D eigenvalue weighted by Gasteiger charge is -2.34. The molecule has 0 spiro atoms. The summed E-state index contributed by atoms with van der Waals surface area (Å²) >= 11 is 0. The van der Waals surface area contributed by atoms with Crippen molar-refractivity contribution in [3.63, 3.8) is 0 Å². The van der Waals surface area contributed by atoms with Gasteiger partial charge >= 0.3 is 0 Å². The SMILES string of the molecule is CCNC(=NCC1CN2CCCC2CO1)NC(C)c1ccccc1.I. The molecule has 5 nitrogen and oxygen atoms in total. The smallest absolute Gasteiger partial charge is 0.191 e. The van der Waals surface area contributed by atoms with Gasteiger partial charge in [0.25, 0.3) is 0 Å². The van der Waals surface area contributed by atoms with Crippen LogP contribution < -0.4 is 10.6 Å². The Bertz CT molecular complexity index is 539. The van der Waals surface area contributed by atoms with Gasteiger partial charge in [0.1, 0.15) is 0 Å². The van der Waals surface area contributed by atoms with Crippen LogP contribution >= 0.6 is 24.0 Å². The van der Waals surface area contributed by atoms with Gasteiger partial charge in [0.05, 0.1) is 25.3 Å². The fourth-order valence-electron chi connectivity index (χ4n) is 3.54. The second kappa shape index (κ2) is 10.3. The van der Waals surface area contributed by atoms with Crippen LogP contribution in [0, 0.1) is 0 Å². The quantitative estimate of drug-likeness (QED) is 0.405. The first kappa shape index (κ1) is 20.5. The Morgan fingerprint density at radius 1 is 1.36 bits per heavy atom. The van der Waals surface area contributed by atoms with Gasteiger partial charge in [-0.3, -0.25) is 9.89 Å². The number of aliphatic imine (C=N–C) groups is 1. The van der Waals surface area contributed by atoms with E-state index in [1.54, 1.807) is 0 Å². The van der Waals surface area contributed by atoms with Crippen molar-refractivity contribution in [2.45, 2.75) is 44.9 Å². The van der Waals surface area contributed by atoms with Gasteiger partial charge in [0.15, 0.2) is 5.96 Å². The van der Waals surface area contributed by atoms with Crippen LogP contribution in [0.15, 0.2) is 35.3 Å². The van der Waals surface area contributed by atoms with Crippen molar-refractivity contribution in [2.75, 3.05) is 32.8 Å². The third kappa shape index (κ3) is 5.82. The highest BCUT2D eigenvalue weighted by molar-refractivity contribution is 14.0. The number of guanidine groups is 1. The molecule has 3 rings (SSSR count). The van der Waals surface area contributed by atoms with Crippen LogP contribution in [0.1, 0.15) is 38.3 Å². The maximum absolute atomic E-state index is 6.01. The Hall–Kier alpha value is -0.860. The Kier molecular flexibility index (Phi) is 8.45. The molecule has 0 amide bonds. The average molecular weight is 458 g/mol. The zero-order valence-corrected chi connectivity index (χ0v) is 17.6. The Morgan fingerprint density at radius 2 is 2.16 bits per heavy atom. The van der Waals surface area contributed by atoms with Crippen molar-refractivity contribution in [1.29, 1.82) is 0 Å². The van der Waals surface area contributed by atoms with Crippen LogP contribution in [0.3, 0.4) is 0 Å². The van der Waals surface area contributed by atoms with E-state index in [-0.39, 0.29) is 36.1 Å². The summed E-state index contributed by atoms with van der Waals surface area (Å²) in [6, 6.07) is 11.3. The van der Waals surface area contributed by atoms with E-state index in [1.165, 1.54) is 24.9 Å². The normalized spacial score (nSPS) is 25.0. The molecule has 0 aromatic heterocycles. The number of nitrogens with zero attached hydrogens (tertiary/aromatic N) is 2. The second-order valence-corrected chi connectivity index (χ2v) is 6.74. The van der Waals surface area contributed by atoms with E-state index in [1.807, 2.05) is 6.07 Å². The zero-order chi connectivity index (χ0) is 16.8. The maximum atomic E-state index is 6.01. The van der Waals surface area contributed by atoms with Crippen LogP contribution in [0.25, 0.3) is 0 Å². The molecule has 2 aliphatic heterocycles. The molecule has 0 bridgehead atoms. The second-order valence-electron chi connectivity index (χ2n) is 6.74. The summed E-state index contributed by atoms with van der Waals surface area (Å²) in [5.74, 6) is 0.862. The zero-order valence-electron chi connectivity index (χ0n) is 15.3. The topological polar surface area (TPSA) is 48.9 Å². The van der Waals surface area contributed by atoms with Crippen LogP contribution in [-0.4, -0.2) is 55.8 Å². The molecule has 2 saturated heterocycles. The van der Waals surface area contributed by atoms with Crippen LogP contribution in [0.4, 0.5) is 0 Å². The number of halogens is 1. The molecular weight excluding hydrogens is 427 g/mol. The fourth-order valence-corrected chi connectivity index (χ4v) is 3.54. The van der Waals surface area contributed by atoms with E-state index in [0.717, 1.165) is 25.7 Å². The highest BCUT2D eigenvalue weighted by atomic mass is 127. The molecule has 140 valence electrons. The number of hydrogen-bond donors (Lipinski definition) is 2. The average Bonchev–Trinajstić information content (AvgIpc) is 3.08. The largest absolute Gasteiger partial charge is 0.373 e. The molecule has 3 atom stereocenters. The highest BCUT2D eigenvalue weighted by Crippen LogP contribution is 2.22. The summed E-state index contributed by atoms with van der Waals surface area (Å²) in [6.45, 7) is 8.92. The predicted octanol–water partition coefficient (Wildman–Crippen LogP) is 2.78. The summed E-state index contributed by atoms with van der Waals surface area (Å²) in [5.41, 5.74) is 1.26. The fraction of sp³-hybridized carbons (Fsp3) is 0.632. The predicted molar refractivity (Wildman–Crippen MR) is 114 cm³/mol. The highest BCUT2D eigenvalue weighted by Gasteiger charge is 2.32. The van der Waals surface area contributed by atoms with Crippen LogP contribution in [-0.2, 0) is 4.74 Å². The van der Waals surface area contributed by atoms with E-state index >= 15 is 0 Å². The van der Waals surface area contributed by atoms with Gasteiger partial charge in [-0.25, -0.2) is 0 Å². The molecule has 6 heteroatoms. The first-order chi connectivity index (χ1) is 11.8. The monoisotopic (exact) mass is 458 g/mol. The molecule has 0 radical (unpaired) electrons. The minimum atomic E-state index is 0. The van der Waals surface area contributed by atoms with Crippen LogP contribution in [0.5, 0.6) is 0 Å². The third-order valence-corrected chi connectivity index (χ3v) is 4.91. The van der Waals surface area contributed by atoms with Gasteiger partial charge in [0.2, 0.25) is 0 Å². The lowest BCUT2D eigenvalue weighted by atomic mass is 10.1. The minimum Gasteiger partial charge on any atom is -0.373 e. The molecule has 0 saturated carbocycles. The van der Waals surface area contributed by atoms with Crippen molar-refractivity contribution >= 4 is 29.9 Å². The third-order valence-electron chi connectivity index (χ3n) is 4.91. The number of fused-ring (bicyclic) bond motifs is 1. The number of benzene rings is 1. The van der Waals surface area contributed by atoms with Crippen molar-refractivity contribution in [3.05, 3.63) is 35.9 Å². The van der Waals surface area contributed by atoms with E-state index in [0.29, 0.717) is 12.6 Å². The van der Waals surface area contributed by atoms with E-state index in [4.69, 9.17) is 9.73 Å². The summed E-state index contributed by atoms with van der Waals surface area (Å²) in [4.78, 5) is 7.33. The van der Waals surface area contributed by atoms with Gasteiger partial charge in [-0.15, -0.1) is 24.0 Å². The molecule has 2 heterocycles. The Labute approximate surface area is 168 Å². The molecule has 1 aromatic rings. The summed E-state index contributed by atoms with van der Waals surface area (Å²) in [7, 11) is 0. The molecule has 3 unspecified atom stereocenters. The molecule has 25 heavy (non-hydrogen) atoms. The molecule has 1 aromatic carbocycles. The van der Waals surface area contributed by atoms with Gasteiger partial charge < -0.3 is 15.4 Å². The van der Waals surface area contributed by atoms with Crippen molar-refractivity contribution in [1.82, 2.24) is 15.5 Å². The summed E-state index contributed by atoms with van der Waals surface area (Å²) in [5, 5.41) is 6.83. The molecule has 0 aliphatic carbocycles. The molecule has 2 aliphatic rings. The summed E-state index contributed by atoms with van der Waals surface area (Å²) < 4.78 is 6.01. The molecule has 2 N–H and O–H groups in total. The molecule has 2 fully saturated rings. The van der Waals surface area contributed by atoms with Crippen molar-refractivity contribution in [2.24, 2.45) is 4.99 Å². The minimum absolute atomic E-state index is 0. The van der Waals surface area contributed by atoms with E-state index in [9.17, 15) is 0 Å². The maximum Gasteiger partial charge on any atom is 0.191 e. The molecular formula is C19H31IN4O. The van der Waals surface area contributed by atoms with E-state index < -0.39 is 0 Å². The number of ether oxygens (including phenoxy) is 1. The first-order valence-electron chi connectivity index (χ1n) is 9.21. The number of morpholine rings is 1. The van der Waals surface area contributed by atoms with Crippen molar-refractivity contribution < 1.29 is 4.74 Å². The van der Waals surface area contributed by atoms with Gasteiger partial charge in [0, 0.05) is 19.1 Å². The summed E-state index contributed by atoms with van der Waals surface area (Å²) in [6.07, 6.45) is 2.80. The van der Waals surface area contributed by atoms with Crippen LogP contribution in [0.2, 0.25) is 0 Å². The first-order valence-corrected chi connectivity index (χ1v) is 9.21. The number of nitrogens with one attached hydrogen (secondary N) is 2. The Balaban J connectivity index is 0.00000225.